The number of carboxylic acids is 1. The number of aliphatic hydroxyl groups is 1. The quantitative estimate of drug-likeness (QED) is 0.819. The molecule has 0 spiro atoms. The van der Waals surface area contributed by atoms with Gasteiger partial charge in [0.15, 0.2) is 6.04 Å². The fourth-order valence-electron chi connectivity index (χ4n) is 3.03. The smallest absolute Gasteiger partial charge is 0.331 e. The Labute approximate surface area is 126 Å². The standard InChI is InChI=1S/C14H18N2O4S/c17-9-1-5-15(6-2-9)14(20)16-7-3-11-10(4-8-21-11)12(16)13(18)19/h4,8-9,12,17H,1-3,5-7H2,(H,18,19). The zero-order chi connectivity index (χ0) is 15.0. The molecule has 1 aromatic heterocycles. The summed E-state index contributed by atoms with van der Waals surface area (Å²) in [7, 11) is 0. The second-order valence-electron chi connectivity index (χ2n) is 5.48. The van der Waals surface area contributed by atoms with Crippen molar-refractivity contribution in [2.45, 2.75) is 31.4 Å². The lowest BCUT2D eigenvalue weighted by Crippen LogP contribution is -2.51. The Balaban J connectivity index is 1.81. The van der Waals surface area contributed by atoms with Crippen LogP contribution in [0.1, 0.15) is 29.3 Å². The van der Waals surface area contributed by atoms with Gasteiger partial charge in [0, 0.05) is 24.5 Å². The zero-order valence-corrected chi connectivity index (χ0v) is 12.4. The highest BCUT2D eigenvalue weighted by Gasteiger charge is 2.38. The van der Waals surface area contributed by atoms with E-state index in [0.717, 1.165) is 10.4 Å². The summed E-state index contributed by atoms with van der Waals surface area (Å²) in [6.07, 6.45) is 1.47. The van der Waals surface area contributed by atoms with Gasteiger partial charge in [-0.25, -0.2) is 9.59 Å². The van der Waals surface area contributed by atoms with Crippen molar-refractivity contribution >= 4 is 23.3 Å². The molecule has 1 aromatic rings. The number of hydrogen-bond donors (Lipinski definition) is 2. The van der Waals surface area contributed by atoms with Crippen LogP contribution in [0.25, 0.3) is 0 Å². The third kappa shape index (κ3) is 2.63. The van der Waals surface area contributed by atoms with Crippen molar-refractivity contribution in [1.82, 2.24) is 9.80 Å². The largest absolute Gasteiger partial charge is 0.479 e. The molecule has 2 amide bonds. The normalized spacial score (nSPS) is 23.0. The van der Waals surface area contributed by atoms with E-state index in [2.05, 4.69) is 0 Å². The lowest BCUT2D eigenvalue weighted by atomic mass is 10.00. The van der Waals surface area contributed by atoms with E-state index >= 15 is 0 Å². The fraction of sp³-hybridized carbons (Fsp3) is 0.571. The zero-order valence-electron chi connectivity index (χ0n) is 11.6. The van der Waals surface area contributed by atoms with Gasteiger partial charge in [0.2, 0.25) is 0 Å². The van der Waals surface area contributed by atoms with E-state index in [-0.39, 0.29) is 12.1 Å². The van der Waals surface area contributed by atoms with Gasteiger partial charge in [-0.05, 0) is 36.3 Å². The van der Waals surface area contributed by atoms with Gasteiger partial charge >= 0.3 is 12.0 Å². The molecule has 0 aliphatic carbocycles. The van der Waals surface area contributed by atoms with Crippen LogP contribution in [0, 0.1) is 0 Å². The first-order valence-electron chi connectivity index (χ1n) is 7.10. The Morgan fingerprint density at radius 2 is 1.95 bits per heavy atom. The van der Waals surface area contributed by atoms with Crippen molar-refractivity contribution in [3.63, 3.8) is 0 Å². The Morgan fingerprint density at radius 1 is 1.24 bits per heavy atom. The third-order valence-electron chi connectivity index (χ3n) is 4.18. The molecule has 1 fully saturated rings. The molecule has 1 unspecified atom stereocenters. The molecular formula is C14H18N2O4S. The number of amides is 2. The highest BCUT2D eigenvalue weighted by atomic mass is 32.1. The molecule has 0 radical (unpaired) electrons. The summed E-state index contributed by atoms with van der Waals surface area (Å²) >= 11 is 1.55. The van der Waals surface area contributed by atoms with Crippen LogP contribution in [0.3, 0.4) is 0 Å². The van der Waals surface area contributed by atoms with Crippen LogP contribution < -0.4 is 0 Å². The number of likely N-dealkylation sites (tertiary alicyclic amines) is 1. The molecule has 2 N–H and O–H groups in total. The lowest BCUT2D eigenvalue weighted by Gasteiger charge is -2.39. The maximum Gasteiger partial charge on any atom is 0.331 e. The summed E-state index contributed by atoms with van der Waals surface area (Å²) < 4.78 is 0. The Morgan fingerprint density at radius 3 is 2.62 bits per heavy atom. The summed E-state index contributed by atoms with van der Waals surface area (Å²) in [6, 6.07) is 0.684. The Kier molecular flexibility index (Phi) is 3.86. The molecule has 3 heterocycles. The third-order valence-corrected chi connectivity index (χ3v) is 5.18. The highest BCUT2D eigenvalue weighted by Crippen LogP contribution is 2.34. The molecule has 3 rings (SSSR count). The molecule has 0 bridgehead atoms. The SMILES string of the molecule is O=C(O)C1c2ccsc2CCN1C(=O)N1CCC(O)CC1. The monoisotopic (exact) mass is 310 g/mol. The number of thiophene rings is 1. The number of carboxylic acid groups (broad SMARTS) is 1. The Bertz CT molecular complexity index is 551. The second-order valence-corrected chi connectivity index (χ2v) is 6.48. The number of nitrogens with zero attached hydrogens (tertiary/aromatic N) is 2. The minimum atomic E-state index is -0.986. The van der Waals surface area contributed by atoms with Gasteiger partial charge in [0.05, 0.1) is 6.10 Å². The molecular weight excluding hydrogens is 292 g/mol. The number of urea groups is 1. The van der Waals surface area contributed by atoms with Crippen LogP contribution in [-0.2, 0) is 11.2 Å². The second kappa shape index (κ2) is 5.65. The minimum Gasteiger partial charge on any atom is -0.479 e. The maximum atomic E-state index is 12.6. The first-order chi connectivity index (χ1) is 10.1. The van der Waals surface area contributed by atoms with E-state index in [0.29, 0.717) is 38.9 Å². The fourth-order valence-corrected chi connectivity index (χ4v) is 3.93. The molecule has 2 aliphatic rings. The van der Waals surface area contributed by atoms with Crippen molar-refractivity contribution in [3.05, 3.63) is 21.9 Å². The summed E-state index contributed by atoms with van der Waals surface area (Å²) in [5, 5.41) is 20.9. The van der Waals surface area contributed by atoms with Crippen LogP contribution in [0.15, 0.2) is 11.4 Å². The van der Waals surface area contributed by atoms with Gasteiger partial charge < -0.3 is 20.0 Å². The van der Waals surface area contributed by atoms with Gasteiger partial charge in [-0.15, -0.1) is 11.3 Å². The molecule has 0 aromatic carbocycles. The van der Waals surface area contributed by atoms with Crippen LogP contribution >= 0.6 is 11.3 Å². The average Bonchev–Trinajstić information content (AvgIpc) is 2.94. The van der Waals surface area contributed by atoms with E-state index in [9.17, 15) is 19.8 Å². The van der Waals surface area contributed by atoms with Gasteiger partial charge in [-0.2, -0.15) is 0 Å². The number of hydrogen-bond acceptors (Lipinski definition) is 4. The summed E-state index contributed by atoms with van der Waals surface area (Å²) in [6.45, 7) is 1.40. The molecule has 1 atom stereocenters. The first kappa shape index (κ1) is 14.3. The maximum absolute atomic E-state index is 12.6. The number of rotatable bonds is 1. The van der Waals surface area contributed by atoms with Gasteiger partial charge in [0.25, 0.3) is 0 Å². The van der Waals surface area contributed by atoms with E-state index in [4.69, 9.17) is 0 Å². The summed E-state index contributed by atoms with van der Waals surface area (Å²) in [4.78, 5) is 28.4. The molecule has 21 heavy (non-hydrogen) atoms. The minimum absolute atomic E-state index is 0.230. The van der Waals surface area contributed by atoms with E-state index in [1.165, 1.54) is 4.90 Å². The molecule has 0 saturated carbocycles. The van der Waals surface area contributed by atoms with Crippen molar-refractivity contribution in [1.29, 1.82) is 0 Å². The number of carbonyl (C=O) groups is 2. The van der Waals surface area contributed by atoms with Crippen LogP contribution in [0.5, 0.6) is 0 Å². The van der Waals surface area contributed by atoms with Gasteiger partial charge in [-0.3, -0.25) is 0 Å². The topological polar surface area (TPSA) is 81.1 Å². The van der Waals surface area contributed by atoms with Crippen LogP contribution in [-0.4, -0.2) is 57.8 Å². The van der Waals surface area contributed by atoms with E-state index in [1.807, 2.05) is 5.38 Å². The van der Waals surface area contributed by atoms with Crippen molar-refractivity contribution in [2.75, 3.05) is 19.6 Å². The van der Waals surface area contributed by atoms with Crippen molar-refractivity contribution < 1.29 is 19.8 Å². The van der Waals surface area contributed by atoms with Crippen molar-refractivity contribution in [2.24, 2.45) is 0 Å². The lowest BCUT2D eigenvalue weighted by molar-refractivity contribution is -0.143. The predicted octanol–water partition coefficient (Wildman–Crippen LogP) is 1.31. The number of aliphatic carboxylic acids is 1. The molecule has 1 saturated heterocycles. The van der Waals surface area contributed by atoms with E-state index in [1.54, 1.807) is 22.3 Å². The van der Waals surface area contributed by atoms with Gasteiger partial charge in [0.1, 0.15) is 0 Å². The Hall–Kier alpha value is -1.60. The number of carbonyl (C=O) groups excluding carboxylic acids is 1. The highest BCUT2D eigenvalue weighted by molar-refractivity contribution is 7.10. The number of aliphatic hydroxyl groups excluding tert-OH is 1. The number of piperidine rings is 1. The summed E-state index contributed by atoms with van der Waals surface area (Å²) in [5.74, 6) is -0.986. The molecule has 7 heteroatoms. The first-order valence-corrected chi connectivity index (χ1v) is 7.98. The molecule has 6 nitrogen and oxygen atoms in total. The average molecular weight is 310 g/mol. The van der Waals surface area contributed by atoms with E-state index < -0.39 is 12.0 Å². The molecule has 2 aliphatic heterocycles. The van der Waals surface area contributed by atoms with Crippen LogP contribution in [0.4, 0.5) is 4.79 Å². The van der Waals surface area contributed by atoms with Gasteiger partial charge in [-0.1, -0.05) is 0 Å². The van der Waals surface area contributed by atoms with Crippen molar-refractivity contribution in [3.8, 4) is 0 Å². The predicted molar refractivity (Wildman–Crippen MR) is 77.3 cm³/mol. The summed E-state index contributed by atoms with van der Waals surface area (Å²) in [5.41, 5.74) is 0.740. The van der Waals surface area contributed by atoms with Crippen LogP contribution in [0.2, 0.25) is 0 Å². The number of fused-ring (bicyclic) bond motifs is 1. The molecule has 114 valence electrons.